The highest BCUT2D eigenvalue weighted by atomic mass is 79.9. The summed E-state index contributed by atoms with van der Waals surface area (Å²) in [4.78, 5) is 0. The summed E-state index contributed by atoms with van der Waals surface area (Å²) in [6.07, 6.45) is 18.4. The molecule has 0 aromatic heterocycles. The van der Waals surface area contributed by atoms with Crippen molar-refractivity contribution in [3.05, 3.63) is 11.6 Å². The van der Waals surface area contributed by atoms with Gasteiger partial charge in [-0.05, 0) is 97.7 Å². The molecular formula is C31H53BrO2. The van der Waals surface area contributed by atoms with Crippen LogP contribution in [0.3, 0.4) is 0 Å². The Labute approximate surface area is 219 Å². The van der Waals surface area contributed by atoms with Gasteiger partial charge in [0.1, 0.15) is 0 Å². The lowest BCUT2D eigenvalue weighted by Gasteiger charge is -2.58. The topological polar surface area (TPSA) is 18.5 Å². The van der Waals surface area contributed by atoms with Gasteiger partial charge in [0.25, 0.3) is 0 Å². The first kappa shape index (κ1) is 27.2. The van der Waals surface area contributed by atoms with Crippen molar-refractivity contribution in [3.63, 3.8) is 0 Å². The van der Waals surface area contributed by atoms with Crippen LogP contribution >= 0.6 is 15.9 Å². The first-order valence-corrected chi connectivity index (χ1v) is 15.9. The molecule has 8 atom stereocenters. The maximum absolute atomic E-state index is 6.25. The second kappa shape index (κ2) is 11.7. The van der Waals surface area contributed by atoms with Gasteiger partial charge in [0, 0.05) is 5.33 Å². The van der Waals surface area contributed by atoms with E-state index in [1.807, 2.05) is 0 Å². The third-order valence-electron chi connectivity index (χ3n) is 11.1. The quantitative estimate of drug-likeness (QED) is 0.149. The molecule has 3 heteroatoms. The largest absolute Gasteiger partial charge is 0.378 e. The maximum atomic E-state index is 6.25. The van der Waals surface area contributed by atoms with Crippen LogP contribution < -0.4 is 0 Å². The van der Waals surface area contributed by atoms with Crippen molar-refractivity contribution in [2.75, 3.05) is 25.2 Å². The minimum Gasteiger partial charge on any atom is -0.378 e. The van der Waals surface area contributed by atoms with Gasteiger partial charge in [-0.15, -0.1) is 0 Å². The lowest BCUT2D eigenvalue weighted by atomic mass is 9.47. The molecule has 0 bridgehead atoms. The average Bonchev–Trinajstić information content (AvgIpc) is 3.16. The van der Waals surface area contributed by atoms with Gasteiger partial charge in [0.15, 0.2) is 0 Å². The molecule has 0 spiro atoms. The summed E-state index contributed by atoms with van der Waals surface area (Å²) in [5.74, 6) is 5.51. The van der Waals surface area contributed by atoms with E-state index in [2.05, 4.69) is 56.6 Å². The van der Waals surface area contributed by atoms with Crippen LogP contribution in [0.15, 0.2) is 11.6 Å². The van der Waals surface area contributed by atoms with Crippen molar-refractivity contribution in [3.8, 4) is 0 Å². The van der Waals surface area contributed by atoms with Gasteiger partial charge in [0.05, 0.1) is 25.9 Å². The summed E-state index contributed by atoms with van der Waals surface area (Å²) in [6, 6.07) is 0. The van der Waals surface area contributed by atoms with E-state index < -0.39 is 0 Å². The number of rotatable bonds is 11. The van der Waals surface area contributed by atoms with Crippen LogP contribution in [-0.4, -0.2) is 31.3 Å². The number of hydrogen-bond donors (Lipinski definition) is 0. The molecule has 0 aromatic carbocycles. The summed E-state index contributed by atoms with van der Waals surface area (Å²) in [5, 5.41) is 0.905. The summed E-state index contributed by atoms with van der Waals surface area (Å²) in [7, 11) is 0. The second-order valence-corrected chi connectivity index (χ2v) is 14.1. The van der Waals surface area contributed by atoms with E-state index >= 15 is 0 Å². The summed E-state index contributed by atoms with van der Waals surface area (Å²) in [6.45, 7) is 14.9. The molecule has 0 unspecified atom stereocenters. The number of fused-ring (bicyclic) bond motifs is 5. The molecular weight excluding hydrogens is 484 g/mol. The zero-order valence-electron chi connectivity index (χ0n) is 22.9. The molecule has 0 saturated heterocycles. The van der Waals surface area contributed by atoms with Crippen LogP contribution in [0.25, 0.3) is 0 Å². The Morgan fingerprint density at radius 2 is 1.79 bits per heavy atom. The van der Waals surface area contributed by atoms with Gasteiger partial charge >= 0.3 is 0 Å². The molecule has 4 rings (SSSR count). The molecule has 34 heavy (non-hydrogen) atoms. The molecule has 0 aliphatic heterocycles. The average molecular weight is 538 g/mol. The van der Waals surface area contributed by atoms with Gasteiger partial charge < -0.3 is 9.47 Å². The van der Waals surface area contributed by atoms with E-state index in [1.165, 1.54) is 64.2 Å². The number of hydrogen-bond acceptors (Lipinski definition) is 2. The standard InChI is InChI=1S/C31H53BrO2/c1-22(2)7-6-8-23(3)27-11-12-28-26-10-9-24-21-25(34-20-19-33-18-17-32)13-15-30(24,4)29(26)14-16-31(27,28)5/h9,22-23,25-29H,6-8,10-21H2,1-5H3/t23-,25+,26+,27-,28+,29+,30+,31-/m1/s1. The van der Waals surface area contributed by atoms with Crippen LogP contribution in [-0.2, 0) is 9.47 Å². The van der Waals surface area contributed by atoms with Gasteiger partial charge in [-0.3, -0.25) is 0 Å². The highest BCUT2D eigenvalue weighted by Gasteiger charge is 2.59. The van der Waals surface area contributed by atoms with E-state index in [9.17, 15) is 0 Å². The van der Waals surface area contributed by atoms with Crippen molar-refractivity contribution in [2.24, 2.45) is 46.3 Å². The van der Waals surface area contributed by atoms with E-state index in [1.54, 1.807) is 5.57 Å². The third kappa shape index (κ3) is 5.52. The molecule has 0 radical (unpaired) electrons. The summed E-state index contributed by atoms with van der Waals surface area (Å²) < 4.78 is 11.8. The Balaban J connectivity index is 1.37. The normalized spacial score (nSPS) is 40.4. The van der Waals surface area contributed by atoms with Crippen molar-refractivity contribution >= 4 is 15.9 Å². The Morgan fingerprint density at radius 1 is 0.971 bits per heavy atom. The molecule has 196 valence electrons. The SMILES string of the molecule is CC(C)CCC[C@@H](C)[C@H]1CC[C@H]2[C@@H]3CC=C4C[C@@H](OCCOCCBr)CC[C@]4(C)[C@H]3CC[C@]12C. The van der Waals surface area contributed by atoms with E-state index in [-0.39, 0.29) is 0 Å². The smallest absolute Gasteiger partial charge is 0.0704 e. The molecule has 0 heterocycles. The van der Waals surface area contributed by atoms with Gasteiger partial charge in [0.2, 0.25) is 0 Å². The zero-order valence-corrected chi connectivity index (χ0v) is 24.5. The zero-order chi connectivity index (χ0) is 24.3. The van der Waals surface area contributed by atoms with Crippen LogP contribution in [0.1, 0.15) is 105 Å². The van der Waals surface area contributed by atoms with E-state index in [0.717, 1.165) is 67.1 Å². The predicted octanol–water partition coefficient (Wildman–Crippen LogP) is 8.82. The maximum Gasteiger partial charge on any atom is 0.0704 e. The van der Waals surface area contributed by atoms with Crippen molar-refractivity contribution in [1.82, 2.24) is 0 Å². The molecule has 0 amide bonds. The van der Waals surface area contributed by atoms with Crippen LogP contribution in [0, 0.1) is 46.3 Å². The predicted molar refractivity (Wildman–Crippen MR) is 147 cm³/mol. The Bertz CT molecular complexity index is 689. The lowest BCUT2D eigenvalue weighted by Crippen LogP contribution is -2.51. The first-order valence-electron chi connectivity index (χ1n) is 14.7. The van der Waals surface area contributed by atoms with Crippen molar-refractivity contribution in [2.45, 2.75) is 111 Å². The Hall–Kier alpha value is 0.140. The monoisotopic (exact) mass is 536 g/mol. The van der Waals surface area contributed by atoms with Crippen LogP contribution in [0.4, 0.5) is 0 Å². The molecule has 4 aliphatic carbocycles. The highest BCUT2D eigenvalue weighted by molar-refractivity contribution is 9.09. The third-order valence-corrected chi connectivity index (χ3v) is 11.4. The summed E-state index contributed by atoms with van der Waals surface area (Å²) in [5.41, 5.74) is 2.76. The molecule has 2 nitrogen and oxygen atoms in total. The van der Waals surface area contributed by atoms with E-state index in [4.69, 9.17) is 9.47 Å². The number of allylic oxidation sites excluding steroid dienone is 1. The molecule has 3 fully saturated rings. The molecule has 0 aromatic rings. The fourth-order valence-corrected chi connectivity index (χ4v) is 9.45. The number of ether oxygens (including phenoxy) is 2. The Morgan fingerprint density at radius 3 is 2.56 bits per heavy atom. The highest BCUT2D eigenvalue weighted by Crippen LogP contribution is 2.67. The Kier molecular flexibility index (Phi) is 9.34. The lowest BCUT2D eigenvalue weighted by molar-refractivity contribution is -0.0674. The second-order valence-electron chi connectivity index (χ2n) is 13.3. The fraction of sp³-hybridized carbons (Fsp3) is 0.935. The summed E-state index contributed by atoms with van der Waals surface area (Å²) >= 11 is 3.42. The minimum atomic E-state index is 0.403. The van der Waals surface area contributed by atoms with Gasteiger partial charge in [-0.1, -0.05) is 81.5 Å². The first-order chi connectivity index (χ1) is 16.3. The van der Waals surface area contributed by atoms with Gasteiger partial charge in [-0.25, -0.2) is 0 Å². The number of halogens is 1. The minimum absolute atomic E-state index is 0.403. The number of alkyl halides is 1. The molecule has 4 aliphatic rings. The van der Waals surface area contributed by atoms with Crippen LogP contribution in [0.5, 0.6) is 0 Å². The van der Waals surface area contributed by atoms with Crippen LogP contribution in [0.2, 0.25) is 0 Å². The molecule has 3 saturated carbocycles. The van der Waals surface area contributed by atoms with Crippen molar-refractivity contribution < 1.29 is 9.47 Å². The van der Waals surface area contributed by atoms with E-state index in [0.29, 0.717) is 16.9 Å². The van der Waals surface area contributed by atoms with Crippen molar-refractivity contribution in [1.29, 1.82) is 0 Å². The molecule has 0 N–H and O–H groups in total. The van der Waals surface area contributed by atoms with Gasteiger partial charge in [-0.2, -0.15) is 0 Å². The fourth-order valence-electron chi connectivity index (χ4n) is 9.22.